The molecule has 17 heavy (non-hydrogen) atoms. The first-order valence-electron chi connectivity index (χ1n) is 6.72. The van der Waals surface area contributed by atoms with Gasteiger partial charge in [-0.05, 0) is 39.3 Å². The Bertz CT molecular complexity index is 255. The predicted molar refractivity (Wildman–Crippen MR) is 70.7 cm³/mol. The smallest absolute Gasteiger partial charge is 0.240 e. The molecule has 1 heterocycles. The number of nitrogens with two attached hydrogens (primary N) is 1. The number of likely N-dealkylation sites (tertiary alicyclic amines) is 1. The third-order valence-corrected chi connectivity index (χ3v) is 3.67. The SMILES string of the molecule is CCN(C(=O)C(N)C(C)C)[C@H]1CCCN(C)C1. The highest BCUT2D eigenvalue weighted by Crippen LogP contribution is 2.16. The van der Waals surface area contributed by atoms with E-state index in [9.17, 15) is 4.79 Å². The first kappa shape index (κ1) is 14.5. The Morgan fingerprint density at radius 1 is 1.53 bits per heavy atom. The molecule has 0 aromatic rings. The van der Waals surface area contributed by atoms with Crippen molar-refractivity contribution in [2.75, 3.05) is 26.7 Å². The lowest BCUT2D eigenvalue weighted by molar-refractivity contribution is -0.136. The molecule has 100 valence electrons. The van der Waals surface area contributed by atoms with Crippen molar-refractivity contribution in [1.29, 1.82) is 0 Å². The van der Waals surface area contributed by atoms with Crippen LogP contribution < -0.4 is 5.73 Å². The number of piperidine rings is 1. The van der Waals surface area contributed by atoms with Gasteiger partial charge in [-0.15, -0.1) is 0 Å². The second-order valence-corrected chi connectivity index (χ2v) is 5.45. The van der Waals surface area contributed by atoms with Gasteiger partial charge in [0.2, 0.25) is 5.91 Å². The molecular formula is C13H27N3O. The van der Waals surface area contributed by atoms with Gasteiger partial charge in [-0.2, -0.15) is 0 Å². The van der Waals surface area contributed by atoms with Crippen LogP contribution in [-0.4, -0.2) is 54.5 Å². The Kier molecular flexibility index (Phi) is 5.40. The van der Waals surface area contributed by atoms with Crippen LogP contribution in [0.1, 0.15) is 33.6 Å². The van der Waals surface area contributed by atoms with E-state index in [0.29, 0.717) is 6.04 Å². The lowest BCUT2D eigenvalue weighted by atomic mass is 10.00. The molecule has 0 aromatic carbocycles. The fourth-order valence-electron chi connectivity index (χ4n) is 2.46. The molecule has 4 heteroatoms. The van der Waals surface area contributed by atoms with Gasteiger partial charge in [-0.1, -0.05) is 13.8 Å². The molecule has 1 unspecified atom stereocenters. The minimum Gasteiger partial charge on any atom is -0.337 e. The molecule has 4 nitrogen and oxygen atoms in total. The zero-order chi connectivity index (χ0) is 13.0. The van der Waals surface area contributed by atoms with Crippen LogP contribution in [0.5, 0.6) is 0 Å². The van der Waals surface area contributed by atoms with Crippen molar-refractivity contribution in [2.24, 2.45) is 11.7 Å². The first-order chi connectivity index (χ1) is 7.97. The van der Waals surface area contributed by atoms with Gasteiger partial charge in [-0.3, -0.25) is 4.79 Å². The van der Waals surface area contributed by atoms with Crippen molar-refractivity contribution >= 4 is 5.91 Å². The summed E-state index contributed by atoms with van der Waals surface area (Å²) < 4.78 is 0. The molecule has 0 aromatic heterocycles. The fraction of sp³-hybridized carbons (Fsp3) is 0.923. The molecule has 0 radical (unpaired) electrons. The number of rotatable bonds is 4. The summed E-state index contributed by atoms with van der Waals surface area (Å²) in [5, 5.41) is 0. The van der Waals surface area contributed by atoms with Crippen molar-refractivity contribution in [3.63, 3.8) is 0 Å². The molecule has 1 aliphatic rings. The average Bonchev–Trinajstić information content (AvgIpc) is 2.28. The standard InChI is InChI=1S/C13H27N3O/c1-5-16(13(17)12(14)10(2)3)11-7-6-8-15(4)9-11/h10-12H,5-9,14H2,1-4H3/t11-,12?/m0/s1. The molecule has 0 aliphatic carbocycles. The Labute approximate surface area is 105 Å². The van der Waals surface area contributed by atoms with Crippen LogP contribution in [0.4, 0.5) is 0 Å². The maximum absolute atomic E-state index is 12.3. The third-order valence-electron chi connectivity index (χ3n) is 3.67. The zero-order valence-electron chi connectivity index (χ0n) is 11.6. The van der Waals surface area contributed by atoms with Crippen LogP contribution >= 0.6 is 0 Å². The van der Waals surface area contributed by atoms with Gasteiger partial charge in [0, 0.05) is 19.1 Å². The largest absolute Gasteiger partial charge is 0.337 e. The maximum Gasteiger partial charge on any atom is 0.240 e. The molecule has 1 fully saturated rings. The highest BCUT2D eigenvalue weighted by Gasteiger charge is 2.30. The molecular weight excluding hydrogens is 214 g/mol. The lowest BCUT2D eigenvalue weighted by Crippen LogP contribution is -2.54. The predicted octanol–water partition coefficient (Wildman–Crippen LogP) is 0.912. The fourth-order valence-corrected chi connectivity index (χ4v) is 2.46. The van der Waals surface area contributed by atoms with Crippen LogP contribution in [0.3, 0.4) is 0 Å². The van der Waals surface area contributed by atoms with E-state index in [1.54, 1.807) is 0 Å². The van der Waals surface area contributed by atoms with Gasteiger partial charge in [0.15, 0.2) is 0 Å². The van der Waals surface area contributed by atoms with E-state index in [1.807, 2.05) is 25.7 Å². The first-order valence-corrected chi connectivity index (χ1v) is 6.72. The van der Waals surface area contributed by atoms with E-state index in [-0.39, 0.29) is 17.9 Å². The topological polar surface area (TPSA) is 49.6 Å². The highest BCUT2D eigenvalue weighted by molar-refractivity contribution is 5.82. The van der Waals surface area contributed by atoms with Crippen LogP contribution in [0.25, 0.3) is 0 Å². The van der Waals surface area contributed by atoms with Crippen molar-refractivity contribution < 1.29 is 4.79 Å². The average molecular weight is 241 g/mol. The molecule has 1 amide bonds. The quantitative estimate of drug-likeness (QED) is 0.796. The summed E-state index contributed by atoms with van der Waals surface area (Å²) >= 11 is 0. The summed E-state index contributed by atoms with van der Waals surface area (Å²) in [4.78, 5) is 16.6. The van der Waals surface area contributed by atoms with E-state index >= 15 is 0 Å². The van der Waals surface area contributed by atoms with E-state index in [1.165, 1.54) is 6.42 Å². The minimum atomic E-state index is -0.359. The normalized spacial score (nSPS) is 23.8. The van der Waals surface area contributed by atoms with Gasteiger partial charge in [0.1, 0.15) is 0 Å². The number of nitrogens with zero attached hydrogens (tertiary/aromatic N) is 2. The molecule has 1 saturated heterocycles. The Morgan fingerprint density at radius 2 is 2.18 bits per heavy atom. The molecule has 0 bridgehead atoms. The monoisotopic (exact) mass is 241 g/mol. The molecule has 1 aliphatic heterocycles. The molecule has 2 N–H and O–H groups in total. The van der Waals surface area contributed by atoms with Gasteiger partial charge >= 0.3 is 0 Å². The number of likely N-dealkylation sites (N-methyl/N-ethyl adjacent to an activating group) is 2. The van der Waals surface area contributed by atoms with Crippen LogP contribution in [-0.2, 0) is 4.79 Å². The van der Waals surface area contributed by atoms with E-state index < -0.39 is 0 Å². The number of hydrogen-bond acceptors (Lipinski definition) is 3. The Balaban J connectivity index is 2.66. The molecule has 1 rings (SSSR count). The number of hydrogen-bond donors (Lipinski definition) is 1. The van der Waals surface area contributed by atoms with Crippen LogP contribution in [0.15, 0.2) is 0 Å². The second kappa shape index (κ2) is 6.36. The van der Waals surface area contributed by atoms with E-state index in [4.69, 9.17) is 5.73 Å². The summed E-state index contributed by atoms with van der Waals surface area (Å²) in [6.45, 7) is 8.92. The third kappa shape index (κ3) is 3.68. The summed E-state index contributed by atoms with van der Waals surface area (Å²) in [5.74, 6) is 0.320. The Hall–Kier alpha value is -0.610. The summed E-state index contributed by atoms with van der Waals surface area (Å²) in [7, 11) is 2.12. The van der Waals surface area contributed by atoms with Crippen molar-refractivity contribution in [1.82, 2.24) is 9.80 Å². The van der Waals surface area contributed by atoms with Crippen LogP contribution in [0, 0.1) is 5.92 Å². The van der Waals surface area contributed by atoms with E-state index in [0.717, 1.165) is 26.1 Å². The summed E-state index contributed by atoms with van der Waals surface area (Å²) in [5.41, 5.74) is 5.97. The molecule has 0 saturated carbocycles. The number of carbonyl (C=O) groups excluding carboxylic acids is 1. The Morgan fingerprint density at radius 3 is 2.65 bits per heavy atom. The maximum atomic E-state index is 12.3. The van der Waals surface area contributed by atoms with E-state index in [2.05, 4.69) is 11.9 Å². The zero-order valence-corrected chi connectivity index (χ0v) is 11.6. The second-order valence-electron chi connectivity index (χ2n) is 5.45. The number of amides is 1. The van der Waals surface area contributed by atoms with Crippen molar-refractivity contribution in [3.05, 3.63) is 0 Å². The molecule has 0 spiro atoms. The minimum absolute atomic E-state index is 0.114. The van der Waals surface area contributed by atoms with Gasteiger partial charge in [0.25, 0.3) is 0 Å². The highest BCUT2D eigenvalue weighted by atomic mass is 16.2. The van der Waals surface area contributed by atoms with Gasteiger partial charge in [0.05, 0.1) is 6.04 Å². The van der Waals surface area contributed by atoms with Crippen LogP contribution in [0.2, 0.25) is 0 Å². The molecule has 2 atom stereocenters. The van der Waals surface area contributed by atoms with Gasteiger partial charge < -0.3 is 15.5 Å². The number of carbonyl (C=O) groups is 1. The summed E-state index contributed by atoms with van der Waals surface area (Å²) in [6.07, 6.45) is 2.27. The lowest BCUT2D eigenvalue weighted by Gasteiger charge is -2.39. The van der Waals surface area contributed by atoms with Crippen molar-refractivity contribution in [3.8, 4) is 0 Å². The van der Waals surface area contributed by atoms with Crippen molar-refractivity contribution in [2.45, 2.75) is 45.7 Å². The van der Waals surface area contributed by atoms with Gasteiger partial charge in [-0.25, -0.2) is 0 Å². The summed E-state index contributed by atoms with van der Waals surface area (Å²) in [6, 6.07) is -0.0155.